The molecule has 1 saturated heterocycles. The third kappa shape index (κ3) is 3.67. The van der Waals surface area contributed by atoms with Gasteiger partial charge in [-0.15, -0.1) is 0 Å². The molecule has 0 amide bonds. The number of hydrogen-bond donors (Lipinski definition) is 1. The molecule has 0 aromatic carbocycles. The number of nitrogens with one attached hydrogen (secondary N) is 1. The zero-order valence-corrected chi connectivity index (χ0v) is 13.4. The molecular formula is C16H21FN6. The molecule has 1 aliphatic heterocycles. The van der Waals surface area contributed by atoms with Gasteiger partial charge in [-0.25, -0.2) is 14.4 Å². The minimum atomic E-state index is -0.273. The van der Waals surface area contributed by atoms with Crippen LogP contribution in [-0.4, -0.2) is 48.2 Å². The number of hydrogen-bond acceptors (Lipinski definition) is 6. The molecule has 1 fully saturated rings. The first-order chi connectivity index (χ1) is 11.1. The van der Waals surface area contributed by atoms with Crippen molar-refractivity contribution in [2.45, 2.75) is 18.9 Å². The van der Waals surface area contributed by atoms with E-state index in [1.807, 2.05) is 30.0 Å². The maximum absolute atomic E-state index is 13.9. The summed E-state index contributed by atoms with van der Waals surface area (Å²) in [5.41, 5.74) is 0. The average molecular weight is 316 g/mol. The fourth-order valence-electron chi connectivity index (χ4n) is 2.75. The van der Waals surface area contributed by atoms with E-state index in [2.05, 4.69) is 20.3 Å². The van der Waals surface area contributed by atoms with Crippen LogP contribution in [0.25, 0.3) is 0 Å². The molecule has 122 valence electrons. The average Bonchev–Trinajstić information content (AvgIpc) is 2.56. The smallest absolute Gasteiger partial charge is 0.226 e. The lowest BCUT2D eigenvalue weighted by Crippen LogP contribution is -2.43. The van der Waals surface area contributed by atoms with Gasteiger partial charge in [0.1, 0.15) is 5.82 Å². The van der Waals surface area contributed by atoms with Crippen LogP contribution >= 0.6 is 0 Å². The highest BCUT2D eigenvalue weighted by Crippen LogP contribution is 2.22. The molecule has 23 heavy (non-hydrogen) atoms. The van der Waals surface area contributed by atoms with Gasteiger partial charge in [0.25, 0.3) is 0 Å². The Bertz CT molecular complexity index is 663. The van der Waals surface area contributed by atoms with Crippen LogP contribution in [0.5, 0.6) is 0 Å². The van der Waals surface area contributed by atoms with Crippen molar-refractivity contribution in [2.24, 2.45) is 0 Å². The second-order valence-corrected chi connectivity index (χ2v) is 5.87. The SMILES string of the molecule is CN(C)c1nccc(NC2CCCN(c3ncccc3F)C2)n1. The van der Waals surface area contributed by atoms with Gasteiger partial charge >= 0.3 is 0 Å². The summed E-state index contributed by atoms with van der Waals surface area (Å²) in [4.78, 5) is 16.7. The van der Waals surface area contributed by atoms with Crippen LogP contribution in [0, 0.1) is 5.82 Å². The van der Waals surface area contributed by atoms with Crippen LogP contribution in [0.1, 0.15) is 12.8 Å². The summed E-state index contributed by atoms with van der Waals surface area (Å²) in [5.74, 6) is 1.61. The second-order valence-electron chi connectivity index (χ2n) is 5.87. The van der Waals surface area contributed by atoms with Crippen molar-refractivity contribution in [3.8, 4) is 0 Å². The van der Waals surface area contributed by atoms with E-state index in [-0.39, 0.29) is 11.9 Å². The molecule has 0 bridgehead atoms. The Morgan fingerprint density at radius 1 is 1.26 bits per heavy atom. The molecule has 6 nitrogen and oxygen atoms in total. The Morgan fingerprint density at radius 3 is 2.91 bits per heavy atom. The summed E-state index contributed by atoms with van der Waals surface area (Å²) in [7, 11) is 3.82. The molecule has 1 unspecified atom stereocenters. The van der Waals surface area contributed by atoms with Crippen molar-refractivity contribution in [1.29, 1.82) is 0 Å². The van der Waals surface area contributed by atoms with Gasteiger partial charge in [0.05, 0.1) is 0 Å². The maximum Gasteiger partial charge on any atom is 0.226 e. The van der Waals surface area contributed by atoms with Crippen LogP contribution in [0.3, 0.4) is 0 Å². The van der Waals surface area contributed by atoms with Gasteiger partial charge in [-0.05, 0) is 31.0 Å². The van der Waals surface area contributed by atoms with Crippen LogP contribution in [0.2, 0.25) is 0 Å². The molecule has 1 aliphatic rings. The van der Waals surface area contributed by atoms with E-state index in [1.165, 1.54) is 6.07 Å². The third-order valence-corrected chi connectivity index (χ3v) is 3.85. The van der Waals surface area contributed by atoms with Gasteiger partial charge in [-0.3, -0.25) is 0 Å². The number of halogens is 1. The van der Waals surface area contributed by atoms with Gasteiger partial charge in [-0.2, -0.15) is 4.98 Å². The predicted molar refractivity (Wildman–Crippen MR) is 89.4 cm³/mol. The molecule has 7 heteroatoms. The number of piperidine rings is 1. The van der Waals surface area contributed by atoms with E-state index >= 15 is 0 Å². The van der Waals surface area contributed by atoms with E-state index in [1.54, 1.807) is 18.5 Å². The molecule has 1 N–H and O–H groups in total. The van der Waals surface area contributed by atoms with Crippen molar-refractivity contribution in [1.82, 2.24) is 15.0 Å². The molecular weight excluding hydrogens is 295 g/mol. The summed E-state index contributed by atoms with van der Waals surface area (Å²) in [6.45, 7) is 1.52. The molecule has 2 aromatic rings. The number of rotatable bonds is 4. The number of nitrogens with zero attached hydrogens (tertiary/aromatic N) is 5. The zero-order valence-electron chi connectivity index (χ0n) is 13.4. The molecule has 0 saturated carbocycles. The Kier molecular flexibility index (Phi) is 4.55. The maximum atomic E-state index is 13.9. The topological polar surface area (TPSA) is 57.2 Å². The van der Waals surface area contributed by atoms with Crippen LogP contribution in [0.15, 0.2) is 30.6 Å². The lowest BCUT2D eigenvalue weighted by atomic mass is 10.1. The molecule has 3 heterocycles. The van der Waals surface area contributed by atoms with Crippen LogP contribution in [0.4, 0.5) is 22.0 Å². The molecule has 0 radical (unpaired) electrons. The molecule has 2 aromatic heterocycles. The molecule has 0 spiro atoms. The number of aromatic nitrogens is 3. The molecule has 1 atom stereocenters. The van der Waals surface area contributed by atoms with Gasteiger partial charge in [0, 0.05) is 45.6 Å². The molecule has 0 aliphatic carbocycles. The number of anilines is 3. The zero-order chi connectivity index (χ0) is 16.2. The normalized spacial score (nSPS) is 17.9. The summed E-state index contributed by atoms with van der Waals surface area (Å²) in [6.07, 6.45) is 5.37. The van der Waals surface area contributed by atoms with Crippen molar-refractivity contribution in [3.63, 3.8) is 0 Å². The van der Waals surface area contributed by atoms with E-state index < -0.39 is 0 Å². The summed E-state index contributed by atoms with van der Waals surface area (Å²) < 4.78 is 13.9. The first-order valence-corrected chi connectivity index (χ1v) is 7.76. The Hall–Kier alpha value is -2.44. The highest BCUT2D eigenvalue weighted by molar-refractivity contribution is 5.44. The Balaban J connectivity index is 1.70. The standard InChI is InChI=1S/C16H21FN6/c1-22(2)16-19-9-7-14(21-16)20-12-5-4-10-23(11-12)15-13(17)6-3-8-18-15/h3,6-9,12H,4-5,10-11H2,1-2H3,(H,19,20,21). The highest BCUT2D eigenvalue weighted by Gasteiger charge is 2.23. The molecule has 3 rings (SSSR count). The lowest BCUT2D eigenvalue weighted by molar-refractivity contribution is 0.513. The fraction of sp³-hybridized carbons (Fsp3) is 0.438. The van der Waals surface area contributed by atoms with Gasteiger partial charge in [0.2, 0.25) is 5.95 Å². The van der Waals surface area contributed by atoms with Crippen LogP contribution < -0.4 is 15.1 Å². The summed E-state index contributed by atoms with van der Waals surface area (Å²) >= 11 is 0. The van der Waals surface area contributed by atoms with E-state index in [0.717, 1.165) is 25.2 Å². The van der Waals surface area contributed by atoms with Crippen molar-refractivity contribution < 1.29 is 4.39 Å². The van der Waals surface area contributed by atoms with Crippen LogP contribution in [-0.2, 0) is 0 Å². The fourth-order valence-corrected chi connectivity index (χ4v) is 2.75. The first-order valence-electron chi connectivity index (χ1n) is 7.76. The van der Waals surface area contributed by atoms with Gasteiger partial charge < -0.3 is 15.1 Å². The largest absolute Gasteiger partial charge is 0.365 e. The van der Waals surface area contributed by atoms with E-state index in [0.29, 0.717) is 18.3 Å². The van der Waals surface area contributed by atoms with Gasteiger partial charge in [0.15, 0.2) is 11.6 Å². The summed E-state index contributed by atoms with van der Waals surface area (Å²) in [5, 5.41) is 3.43. The van der Waals surface area contributed by atoms with Crippen molar-refractivity contribution in [3.05, 3.63) is 36.4 Å². The first kappa shape index (κ1) is 15.5. The lowest BCUT2D eigenvalue weighted by Gasteiger charge is -2.34. The van der Waals surface area contributed by atoms with E-state index in [9.17, 15) is 4.39 Å². The second kappa shape index (κ2) is 6.76. The monoisotopic (exact) mass is 316 g/mol. The predicted octanol–water partition coefficient (Wildman–Crippen LogP) is 2.16. The minimum Gasteiger partial charge on any atom is -0.365 e. The summed E-state index contributed by atoms with van der Waals surface area (Å²) in [6, 6.07) is 5.12. The van der Waals surface area contributed by atoms with E-state index in [4.69, 9.17) is 0 Å². The highest BCUT2D eigenvalue weighted by atomic mass is 19.1. The van der Waals surface area contributed by atoms with Gasteiger partial charge in [-0.1, -0.05) is 0 Å². The Morgan fingerprint density at radius 2 is 2.13 bits per heavy atom. The minimum absolute atomic E-state index is 0.204. The van der Waals surface area contributed by atoms with Crippen molar-refractivity contribution in [2.75, 3.05) is 42.3 Å². The van der Waals surface area contributed by atoms with Crippen molar-refractivity contribution >= 4 is 17.6 Å². The Labute approximate surface area is 135 Å². The quantitative estimate of drug-likeness (QED) is 0.933. The third-order valence-electron chi connectivity index (χ3n) is 3.85. The number of pyridine rings is 1.